The van der Waals surface area contributed by atoms with Crippen LogP contribution in [0, 0.1) is 11.8 Å². The Morgan fingerprint density at radius 2 is 1.86 bits per heavy atom. The van der Waals surface area contributed by atoms with Gasteiger partial charge in [0.2, 0.25) is 0 Å². The summed E-state index contributed by atoms with van der Waals surface area (Å²) in [5.41, 5.74) is 1.40. The van der Waals surface area contributed by atoms with Crippen LogP contribution in [0.3, 0.4) is 0 Å². The fraction of sp³-hybridized carbons (Fsp3) is 0.667. The second kappa shape index (κ2) is 5.98. The number of ether oxygens (including phenoxy) is 1. The molecule has 1 aromatic carbocycles. The number of hydrogen-bond acceptors (Lipinski definition) is 3. The van der Waals surface area contributed by atoms with E-state index in [2.05, 4.69) is 34.5 Å². The van der Waals surface area contributed by atoms with Crippen LogP contribution in [0.4, 0.5) is 0 Å². The first-order valence-electron chi connectivity index (χ1n) is 8.55. The lowest BCUT2D eigenvalue weighted by Crippen LogP contribution is -2.25. The van der Waals surface area contributed by atoms with Gasteiger partial charge < -0.3 is 10.1 Å². The summed E-state index contributed by atoms with van der Waals surface area (Å²) in [7, 11) is 0. The summed E-state index contributed by atoms with van der Waals surface area (Å²) in [6.45, 7) is 6.02. The van der Waals surface area contributed by atoms with Crippen molar-refractivity contribution < 1.29 is 4.74 Å². The summed E-state index contributed by atoms with van der Waals surface area (Å²) < 4.78 is 6.13. The van der Waals surface area contributed by atoms with Gasteiger partial charge in [0, 0.05) is 19.6 Å². The molecule has 3 nitrogen and oxygen atoms in total. The van der Waals surface area contributed by atoms with Gasteiger partial charge >= 0.3 is 0 Å². The first-order valence-corrected chi connectivity index (χ1v) is 8.55. The van der Waals surface area contributed by atoms with Crippen LogP contribution in [-0.4, -0.2) is 37.2 Å². The summed E-state index contributed by atoms with van der Waals surface area (Å²) in [5, 5.41) is 3.51. The van der Waals surface area contributed by atoms with E-state index in [-0.39, 0.29) is 0 Å². The summed E-state index contributed by atoms with van der Waals surface area (Å²) in [4.78, 5) is 2.62. The lowest BCUT2D eigenvalue weighted by atomic mass is 10.0. The molecule has 0 unspecified atom stereocenters. The molecule has 2 saturated heterocycles. The molecule has 3 heteroatoms. The summed E-state index contributed by atoms with van der Waals surface area (Å²) in [6.07, 6.45) is 5.57. The predicted octanol–water partition coefficient (Wildman–Crippen LogP) is 2.66. The topological polar surface area (TPSA) is 24.5 Å². The van der Waals surface area contributed by atoms with Gasteiger partial charge in [-0.1, -0.05) is 12.1 Å². The van der Waals surface area contributed by atoms with Crippen molar-refractivity contribution in [2.24, 2.45) is 11.8 Å². The van der Waals surface area contributed by atoms with Gasteiger partial charge in [0.05, 0.1) is 6.10 Å². The third kappa shape index (κ3) is 3.09. The van der Waals surface area contributed by atoms with E-state index in [0.717, 1.165) is 24.1 Å². The van der Waals surface area contributed by atoms with Gasteiger partial charge in [-0.15, -0.1) is 0 Å². The van der Waals surface area contributed by atoms with Gasteiger partial charge in [-0.25, -0.2) is 0 Å². The van der Waals surface area contributed by atoms with Gasteiger partial charge in [0.25, 0.3) is 0 Å². The van der Waals surface area contributed by atoms with Crippen molar-refractivity contribution in [1.29, 1.82) is 0 Å². The summed E-state index contributed by atoms with van der Waals surface area (Å²) in [5.74, 6) is 2.83. The molecular formula is C18H26N2O. The highest BCUT2D eigenvalue weighted by atomic mass is 16.5. The molecule has 2 aliphatic heterocycles. The molecule has 2 heterocycles. The van der Waals surface area contributed by atoms with Gasteiger partial charge in [-0.2, -0.15) is 0 Å². The SMILES string of the molecule is c1cc(CN2C[C@H]3CNC[C@H]3C2)cc(OC2CCCC2)c1. The maximum atomic E-state index is 6.13. The number of likely N-dealkylation sites (tertiary alicyclic amines) is 1. The highest BCUT2D eigenvalue weighted by molar-refractivity contribution is 5.29. The van der Waals surface area contributed by atoms with E-state index in [9.17, 15) is 0 Å². The van der Waals surface area contributed by atoms with E-state index in [1.165, 1.54) is 57.4 Å². The van der Waals surface area contributed by atoms with E-state index in [1.807, 2.05) is 0 Å². The molecule has 1 aliphatic carbocycles. The minimum atomic E-state index is 0.456. The van der Waals surface area contributed by atoms with Crippen molar-refractivity contribution in [1.82, 2.24) is 10.2 Å². The highest BCUT2D eigenvalue weighted by Crippen LogP contribution is 2.29. The summed E-state index contributed by atoms with van der Waals surface area (Å²) in [6, 6.07) is 8.76. The molecule has 3 fully saturated rings. The molecule has 0 bridgehead atoms. The van der Waals surface area contributed by atoms with Crippen LogP contribution in [0.15, 0.2) is 24.3 Å². The average molecular weight is 286 g/mol. The van der Waals surface area contributed by atoms with E-state index in [0.29, 0.717) is 6.10 Å². The highest BCUT2D eigenvalue weighted by Gasteiger charge is 2.35. The van der Waals surface area contributed by atoms with Crippen molar-refractivity contribution in [2.75, 3.05) is 26.2 Å². The summed E-state index contributed by atoms with van der Waals surface area (Å²) >= 11 is 0. The standard InChI is InChI=1S/C18H26N2O/c1-2-6-17(5-1)21-18-7-3-4-14(8-18)11-20-12-15-9-19-10-16(15)13-20/h3-4,7-8,15-17,19H,1-2,5-6,9-13H2/t15-,16+. The van der Waals surface area contributed by atoms with Crippen molar-refractivity contribution in [3.8, 4) is 5.75 Å². The van der Waals surface area contributed by atoms with Crippen molar-refractivity contribution >= 4 is 0 Å². The molecule has 4 rings (SSSR count). The average Bonchev–Trinajstić information content (AvgIpc) is 3.16. The van der Waals surface area contributed by atoms with Crippen molar-refractivity contribution in [3.63, 3.8) is 0 Å². The minimum Gasteiger partial charge on any atom is -0.490 e. The molecular weight excluding hydrogens is 260 g/mol. The molecule has 3 aliphatic rings. The molecule has 0 spiro atoms. The third-order valence-corrected chi connectivity index (χ3v) is 5.37. The lowest BCUT2D eigenvalue weighted by molar-refractivity contribution is 0.209. The van der Waals surface area contributed by atoms with Crippen LogP contribution in [-0.2, 0) is 6.54 Å². The van der Waals surface area contributed by atoms with Crippen LogP contribution < -0.4 is 10.1 Å². The molecule has 114 valence electrons. The van der Waals surface area contributed by atoms with Crippen molar-refractivity contribution in [2.45, 2.75) is 38.3 Å². The first kappa shape index (κ1) is 13.6. The number of nitrogens with zero attached hydrogens (tertiary/aromatic N) is 1. The Morgan fingerprint density at radius 1 is 1.10 bits per heavy atom. The van der Waals surface area contributed by atoms with Gasteiger partial charge in [0.15, 0.2) is 0 Å². The number of fused-ring (bicyclic) bond motifs is 1. The zero-order valence-corrected chi connectivity index (χ0v) is 12.8. The zero-order chi connectivity index (χ0) is 14.1. The van der Waals surface area contributed by atoms with Gasteiger partial charge in [0.1, 0.15) is 5.75 Å². The Labute approximate surface area is 127 Å². The Bertz CT molecular complexity index is 472. The van der Waals surface area contributed by atoms with Crippen molar-refractivity contribution in [3.05, 3.63) is 29.8 Å². The van der Waals surface area contributed by atoms with Crippen LogP contribution in [0.2, 0.25) is 0 Å². The molecule has 1 N–H and O–H groups in total. The number of benzene rings is 1. The first-order chi connectivity index (χ1) is 10.4. The fourth-order valence-electron chi connectivity index (χ4n) is 4.26. The van der Waals surface area contributed by atoms with Crippen LogP contribution in [0.25, 0.3) is 0 Å². The predicted molar refractivity (Wildman–Crippen MR) is 84.5 cm³/mol. The lowest BCUT2D eigenvalue weighted by Gasteiger charge is -2.18. The molecule has 1 aromatic rings. The molecule has 0 radical (unpaired) electrons. The van der Waals surface area contributed by atoms with E-state index >= 15 is 0 Å². The van der Waals surface area contributed by atoms with Crippen LogP contribution in [0.1, 0.15) is 31.2 Å². The Hall–Kier alpha value is -1.06. The minimum absolute atomic E-state index is 0.456. The maximum Gasteiger partial charge on any atom is 0.120 e. The van der Waals surface area contributed by atoms with Gasteiger partial charge in [-0.05, 0) is 68.3 Å². The van der Waals surface area contributed by atoms with E-state index in [1.54, 1.807) is 0 Å². The second-order valence-electron chi connectivity index (χ2n) is 7.04. The Balaban J connectivity index is 1.36. The maximum absolute atomic E-state index is 6.13. The Kier molecular flexibility index (Phi) is 3.87. The largest absolute Gasteiger partial charge is 0.490 e. The van der Waals surface area contributed by atoms with Crippen LogP contribution in [0.5, 0.6) is 5.75 Å². The number of hydrogen-bond donors (Lipinski definition) is 1. The molecule has 21 heavy (non-hydrogen) atoms. The third-order valence-electron chi connectivity index (χ3n) is 5.37. The molecule has 1 saturated carbocycles. The number of rotatable bonds is 4. The molecule has 0 amide bonds. The Morgan fingerprint density at radius 3 is 2.62 bits per heavy atom. The normalized spacial score (nSPS) is 29.9. The van der Waals surface area contributed by atoms with Crippen LogP contribution >= 0.6 is 0 Å². The zero-order valence-electron chi connectivity index (χ0n) is 12.8. The smallest absolute Gasteiger partial charge is 0.120 e. The van der Waals surface area contributed by atoms with E-state index in [4.69, 9.17) is 4.74 Å². The quantitative estimate of drug-likeness (QED) is 0.921. The number of nitrogens with one attached hydrogen (secondary N) is 1. The van der Waals surface area contributed by atoms with Gasteiger partial charge in [-0.3, -0.25) is 4.90 Å². The monoisotopic (exact) mass is 286 g/mol. The molecule has 2 atom stereocenters. The fourth-order valence-corrected chi connectivity index (χ4v) is 4.26. The second-order valence-corrected chi connectivity index (χ2v) is 7.04. The molecule has 0 aromatic heterocycles. The van der Waals surface area contributed by atoms with E-state index < -0.39 is 0 Å².